The second-order valence-electron chi connectivity index (χ2n) is 5.18. The molecule has 3 aromatic rings. The lowest BCUT2D eigenvalue weighted by molar-refractivity contribution is 0.0471. The Hall–Kier alpha value is -3.08. The minimum absolute atomic E-state index is 0.255. The van der Waals surface area contributed by atoms with E-state index in [1.54, 1.807) is 30.5 Å². The number of carbonyl (C=O) groups is 2. The second-order valence-corrected chi connectivity index (χ2v) is 5.18. The molecule has 3 rings (SSSR count). The van der Waals surface area contributed by atoms with E-state index in [4.69, 9.17) is 9.47 Å². The maximum absolute atomic E-state index is 12.3. The maximum atomic E-state index is 12.3. The van der Waals surface area contributed by atoms with Gasteiger partial charge in [0.05, 0.1) is 6.61 Å². The lowest BCUT2D eigenvalue weighted by Crippen LogP contribution is -2.15. The largest absolute Gasteiger partial charge is 0.493 e. The number of aromatic nitrogens is 1. The molecule has 1 N–H and O–H groups in total. The van der Waals surface area contributed by atoms with Crippen LogP contribution in [0.15, 0.2) is 54.7 Å². The highest BCUT2D eigenvalue weighted by Gasteiger charge is 2.17. The fraction of sp³-hybridized carbons (Fsp3) is 0.158. The van der Waals surface area contributed by atoms with E-state index < -0.39 is 5.97 Å². The molecule has 0 aliphatic rings. The SMILES string of the molecule is CCOc1ccccc1C(=O)OCC(=O)c1c[nH]c2ccccc12. The first-order valence-electron chi connectivity index (χ1n) is 7.69. The van der Waals surface area contributed by atoms with Crippen LogP contribution in [0.4, 0.5) is 0 Å². The molecule has 0 unspecified atom stereocenters. The number of hydrogen-bond donors (Lipinski definition) is 1. The van der Waals surface area contributed by atoms with Crippen molar-refractivity contribution in [2.24, 2.45) is 0 Å². The monoisotopic (exact) mass is 323 g/mol. The number of esters is 1. The van der Waals surface area contributed by atoms with Crippen LogP contribution < -0.4 is 4.74 Å². The van der Waals surface area contributed by atoms with Crippen LogP contribution in [0, 0.1) is 0 Å². The van der Waals surface area contributed by atoms with Crippen LogP contribution in [0.2, 0.25) is 0 Å². The molecule has 0 atom stereocenters. The van der Waals surface area contributed by atoms with Gasteiger partial charge in [-0.3, -0.25) is 4.79 Å². The zero-order chi connectivity index (χ0) is 16.9. The fourth-order valence-corrected chi connectivity index (χ4v) is 2.51. The summed E-state index contributed by atoms with van der Waals surface area (Å²) in [7, 11) is 0. The zero-order valence-corrected chi connectivity index (χ0v) is 13.2. The summed E-state index contributed by atoms with van der Waals surface area (Å²) in [5.74, 6) is -0.383. The number of hydrogen-bond acceptors (Lipinski definition) is 4. The number of carbonyl (C=O) groups excluding carboxylic acids is 2. The molecule has 1 aromatic heterocycles. The van der Waals surface area contributed by atoms with Gasteiger partial charge in [0.1, 0.15) is 11.3 Å². The summed E-state index contributed by atoms with van der Waals surface area (Å²) >= 11 is 0. The number of ketones is 1. The van der Waals surface area contributed by atoms with Crippen molar-refractivity contribution in [2.45, 2.75) is 6.92 Å². The predicted molar refractivity (Wildman–Crippen MR) is 90.5 cm³/mol. The van der Waals surface area contributed by atoms with Gasteiger partial charge in [-0.2, -0.15) is 0 Å². The van der Waals surface area contributed by atoms with Gasteiger partial charge < -0.3 is 14.5 Å². The van der Waals surface area contributed by atoms with Gasteiger partial charge in [0.2, 0.25) is 5.78 Å². The third kappa shape index (κ3) is 3.15. The molecule has 0 saturated heterocycles. The number of para-hydroxylation sites is 2. The van der Waals surface area contributed by atoms with Gasteiger partial charge >= 0.3 is 5.97 Å². The highest BCUT2D eigenvalue weighted by atomic mass is 16.5. The number of fused-ring (bicyclic) bond motifs is 1. The van der Waals surface area contributed by atoms with Crippen molar-refractivity contribution in [2.75, 3.05) is 13.2 Å². The first-order valence-corrected chi connectivity index (χ1v) is 7.69. The molecule has 0 amide bonds. The number of nitrogens with one attached hydrogen (secondary N) is 1. The normalized spacial score (nSPS) is 10.5. The van der Waals surface area contributed by atoms with Crippen LogP contribution in [0.1, 0.15) is 27.6 Å². The van der Waals surface area contributed by atoms with Gasteiger partial charge in [0.25, 0.3) is 0 Å². The van der Waals surface area contributed by atoms with Crippen molar-refractivity contribution in [1.29, 1.82) is 0 Å². The molecule has 24 heavy (non-hydrogen) atoms. The molecule has 0 bridgehead atoms. The first kappa shape index (κ1) is 15.8. The van der Waals surface area contributed by atoms with Gasteiger partial charge in [0, 0.05) is 22.7 Å². The maximum Gasteiger partial charge on any atom is 0.342 e. The van der Waals surface area contributed by atoms with E-state index in [1.807, 2.05) is 31.2 Å². The Balaban J connectivity index is 1.71. The molecule has 5 heteroatoms. The molecule has 0 saturated carbocycles. The minimum atomic E-state index is -0.577. The molecule has 0 aliphatic heterocycles. The topological polar surface area (TPSA) is 68.4 Å². The molecular formula is C19H17NO4. The molecule has 0 spiro atoms. The highest BCUT2D eigenvalue weighted by Crippen LogP contribution is 2.20. The average molecular weight is 323 g/mol. The molecular weight excluding hydrogens is 306 g/mol. The van der Waals surface area contributed by atoms with Gasteiger partial charge in [-0.1, -0.05) is 30.3 Å². The Morgan fingerprint density at radius 1 is 1.00 bits per heavy atom. The van der Waals surface area contributed by atoms with Crippen molar-refractivity contribution < 1.29 is 19.1 Å². The smallest absolute Gasteiger partial charge is 0.342 e. The summed E-state index contributed by atoms with van der Waals surface area (Å²) in [5.41, 5.74) is 1.69. The van der Waals surface area contributed by atoms with E-state index >= 15 is 0 Å². The molecule has 0 radical (unpaired) electrons. The van der Waals surface area contributed by atoms with Crippen LogP contribution >= 0.6 is 0 Å². The van der Waals surface area contributed by atoms with Crippen molar-refractivity contribution in [3.05, 3.63) is 65.9 Å². The quantitative estimate of drug-likeness (QED) is 0.556. The second kappa shape index (κ2) is 7.00. The van der Waals surface area contributed by atoms with Crippen molar-refractivity contribution in [3.8, 4) is 5.75 Å². The summed E-state index contributed by atoms with van der Waals surface area (Å²) in [5, 5.41) is 0.813. The summed E-state index contributed by atoms with van der Waals surface area (Å²) in [4.78, 5) is 27.6. The van der Waals surface area contributed by atoms with Gasteiger partial charge in [-0.15, -0.1) is 0 Å². The fourth-order valence-electron chi connectivity index (χ4n) is 2.51. The summed E-state index contributed by atoms with van der Waals surface area (Å²) in [6.45, 7) is 1.96. The highest BCUT2D eigenvalue weighted by molar-refractivity contribution is 6.09. The Labute approximate surface area is 139 Å². The van der Waals surface area contributed by atoms with Crippen LogP contribution in [0.5, 0.6) is 5.75 Å². The van der Waals surface area contributed by atoms with Crippen LogP contribution in [0.25, 0.3) is 10.9 Å². The number of aromatic amines is 1. The summed E-state index contributed by atoms with van der Waals surface area (Å²) in [6, 6.07) is 14.3. The van der Waals surface area contributed by atoms with Crippen LogP contribution in [0.3, 0.4) is 0 Å². The van der Waals surface area contributed by atoms with Crippen molar-refractivity contribution >= 4 is 22.7 Å². The molecule has 0 aliphatic carbocycles. The van der Waals surface area contributed by atoms with Crippen LogP contribution in [-0.4, -0.2) is 30.0 Å². The van der Waals surface area contributed by atoms with Crippen molar-refractivity contribution in [1.82, 2.24) is 4.98 Å². The standard InChI is InChI=1S/C19H17NO4/c1-2-23-18-10-6-4-8-14(18)19(22)24-12-17(21)15-11-20-16-9-5-3-7-13(15)16/h3-11,20H,2,12H2,1H3. The van der Waals surface area contributed by atoms with Crippen molar-refractivity contribution in [3.63, 3.8) is 0 Å². The Bertz CT molecular complexity index is 882. The van der Waals surface area contributed by atoms with E-state index in [9.17, 15) is 9.59 Å². The van der Waals surface area contributed by atoms with E-state index in [1.165, 1.54) is 0 Å². The van der Waals surface area contributed by atoms with Gasteiger partial charge in [-0.25, -0.2) is 4.79 Å². The Kier molecular flexibility index (Phi) is 4.61. The van der Waals surface area contributed by atoms with E-state index in [-0.39, 0.29) is 12.4 Å². The minimum Gasteiger partial charge on any atom is -0.493 e. The van der Waals surface area contributed by atoms with Gasteiger partial charge in [-0.05, 0) is 25.1 Å². The van der Waals surface area contributed by atoms with Gasteiger partial charge in [0.15, 0.2) is 6.61 Å². The molecule has 5 nitrogen and oxygen atoms in total. The van der Waals surface area contributed by atoms with E-state index in [2.05, 4.69) is 4.98 Å². The number of rotatable bonds is 6. The average Bonchev–Trinajstić information content (AvgIpc) is 3.04. The zero-order valence-electron chi connectivity index (χ0n) is 13.2. The van der Waals surface area contributed by atoms with Crippen LogP contribution in [-0.2, 0) is 4.74 Å². The number of Topliss-reactive ketones (excluding diaryl/α,β-unsaturated/α-hetero) is 1. The number of ether oxygens (including phenoxy) is 2. The summed E-state index contributed by atoms with van der Waals surface area (Å²) in [6.07, 6.45) is 1.63. The van der Waals surface area contributed by atoms with E-state index in [0.717, 1.165) is 10.9 Å². The molecule has 122 valence electrons. The predicted octanol–water partition coefficient (Wildman–Crippen LogP) is 3.61. The van der Waals surface area contributed by atoms with E-state index in [0.29, 0.717) is 23.5 Å². The Morgan fingerprint density at radius 3 is 2.58 bits per heavy atom. The lowest BCUT2D eigenvalue weighted by atomic mass is 10.1. The lowest BCUT2D eigenvalue weighted by Gasteiger charge is -2.09. The third-order valence-corrected chi connectivity index (χ3v) is 3.63. The molecule has 2 aromatic carbocycles. The number of H-pyrrole nitrogens is 1. The Morgan fingerprint density at radius 2 is 1.75 bits per heavy atom. The molecule has 0 fully saturated rings. The summed E-state index contributed by atoms with van der Waals surface area (Å²) < 4.78 is 10.6. The molecule has 1 heterocycles. The first-order chi connectivity index (χ1) is 11.7. The third-order valence-electron chi connectivity index (χ3n) is 3.63. The number of benzene rings is 2.